The van der Waals surface area contributed by atoms with E-state index in [0.29, 0.717) is 37.1 Å². The minimum absolute atomic E-state index is 0. The molecule has 0 heterocycles. The van der Waals surface area contributed by atoms with Crippen molar-refractivity contribution in [1.29, 1.82) is 0 Å². The van der Waals surface area contributed by atoms with Gasteiger partial charge in [0.05, 0.1) is 12.1 Å². The number of aliphatic imine (C=N–C) groups is 1. The zero-order valence-corrected chi connectivity index (χ0v) is 19.8. The number of carbonyl (C=O) groups is 1. The predicted molar refractivity (Wildman–Crippen MR) is 126 cm³/mol. The lowest BCUT2D eigenvalue weighted by Crippen LogP contribution is -2.40. The van der Waals surface area contributed by atoms with E-state index in [9.17, 15) is 18.0 Å². The standard InChI is InChI=1S/C21H25F3N4O2.HI/c1-15(29)27-18-5-4-6-19(13-18)30-12-11-26-20(25-2)28(3)14-16-7-9-17(10-8-16)21(22,23)24;/h4-10,13H,11-12,14H2,1-3H3,(H,25,26)(H,27,29);1H. The summed E-state index contributed by atoms with van der Waals surface area (Å²) < 4.78 is 43.7. The van der Waals surface area contributed by atoms with E-state index in [1.54, 1.807) is 43.3 Å². The van der Waals surface area contributed by atoms with Crippen molar-refractivity contribution in [3.05, 3.63) is 59.7 Å². The Hall–Kier alpha value is -2.50. The van der Waals surface area contributed by atoms with Crippen LogP contribution >= 0.6 is 24.0 Å². The lowest BCUT2D eigenvalue weighted by molar-refractivity contribution is -0.137. The number of nitrogens with zero attached hydrogens (tertiary/aromatic N) is 2. The normalized spacial score (nSPS) is 11.4. The summed E-state index contributed by atoms with van der Waals surface area (Å²) in [5.41, 5.74) is 0.718. The predicted octanol–water partition coefficient (Wildman–Crippen LogP) is 4.37. The van der Waals surface area contributed by atoms with Crippen LogP contribution < -0.4 is 15.4 Å². The second kappa shape index (κ2) is 12.4. The first kappa shape index (κ1) is 26.5. The maximum Gasteiger partial charge on any atom is 0.416 e. The summed E-state index contributed by atoms with van der Waals surface area (Å²) in [6, 6.07) is 12.1. The third-order valence-electron chi connectivity index (χ3n) is 4.08. The van der Waals surface area contributed by atoms with Crippen molar-refractivity contribution < 1.29 is 22.7 Å². The Kier molecular flexibility index (Phi) is 10.6. The highest BCUT2D eigenvalue weighted by Gasteiger charge is 2.29. The fourth-order valence-electron chi connectivity index (χ4n) is 2.73. The number of hydrogen-bond acceptors (Lipinski definition) is 3. The van der Waals surface area contributed by atoms with E-state index in [0.717, 1.165) is 17.7 Å². The first-order valence-electron chi connectivity index (χ1n) is 9.27. The fraction of sp³-hybridized carbons (Fsp3) is 0.333. The van der Waals surface area contributed by atoms with Crippen LogP contribution in [0.5, 0.6) is 5.75 Å². The maximum atomic E-state index is 12.7. The fourth-order valence-corrected chi connectivity index (χ4v) is 2.73. The van der Waals surface area contributed by atoms with Gasteiger partial charge < -0.3 is 20.3 Å². The number of hydrogen-bond donors (Lipinski definition) is 2. The molecule has 2 N–H and O–H groups in total. The van der Waals surface area contributed by atoms with Gasteiger partial charge in [0.1, 0.15) is 12.4 Å². The Bertz CT molecular complexity index is 874. The molecule has 0 unspecified atom stereocenters. The van der Waals surface area contributed by atoms with E-state index >= 15 is 0 Å². The molecule has 31 heavy (non-hydrogen) atoms. The first-order valence-corrected chi connectivity index (χ1v) is 9.27. The second-order valence-corrected chi connectivity index (χ2v) is 6.58. The van der Waals surface area contributed by atoms with Gasteiger partial charge >= 0.3 is 6.18 Å². The van der Waals surface area contributed by atoms with Gasteiger partial charge in [0.15, 0.2) is 5.96 Å². The smallest absolute Gasteiger partial charge is 0.416 e. The van der Waals surface area contributed by atoms with Gasteiger partial charge in [-0.05, 0) is 29.8 Å². The Labute approximate surface area is 196 Å². The van der Waals surface area contributed by atoms with E-state index < -0.39 is 11.7 Å². The van der Waals surface area contributed by atoms with Gasteiger partial charge in [-0.15, -0.1) is 24.0 Å². The van der Waals surface area contributed by atoms with Crippen molar-refractivity contribution in [3.63, 3.8) is 0 Å². The SMILES string of the molecule is CN=C(NCCOc1cccc(NC(C)=O)c1)N(C)Cc1ccc(C(F)(F)F)cc1.I. The lowest BCUT2D eigenvalue weighted by atomic mass is 10.1. The molecule has 1 amide bonds. The molecule has 0 bridgehead atoms. The molecule has 0 aliphatic rings. The van der Waals surface area contributed by atoms with Crippen molar-refractivity contribution in [1.82, 2.24) is 10.2 Å². The molecule has 10 heteroatoms. The first-order chi connectivity index (χ1) is 14.2. The number of amides is 1. The molecule has 0 fully saturated rings. The van der Waals surface area contributed by atoms with E-state index in [1.165, 1.54) is 19.1 Å². The Balaban J connectivity index is 0.00000480. The molecule has 0 radical (unpaired) electrons. The molecule has 6 nitrogen and oxygen atoms in total. The molecule has 0 spiro atoms. The molecule has 0 aliphatic carbocycles. The van der Waals surface area contributed by atoms with Crippen molar-refractivity contribution >= 4 is 41.5 Å². The molecule has 0 aromatic heterocycles. The Morgan fingerprint density at radius 3 is 2.42 bits per heavy atom. The van der Waals surface area contributed by atoms with Gasteiger partial charge in [0.25, 0.3) is 0 Å². The summed E-state index contributed by atoms with van der Waals surface area (Å²) in [4.78, 5) is 17.1. The number of rotatable bonds is 7. The van der Waals surface area contributed by atoms with Gasteiger partial charge in [-0.3, -0.25) is 9.79 Å². The molecule has 0 saturated heterocycles. The summed E-state index contributed by atoms with van der Waals surface area (Å²) in [5, 5.41) is 5.83. The molecule has 2 rings (SSSR count). The molecular formula is C21H26F3IN4O2. The van der Waals surface area contributed by atoms with Crippen molar-refractivity contribution in [2.75, 3.05) is 32.6 Å². The van der Waals surface area contributed by atoms with Crippen LogP contribution in [-0.2, 0) is 17.5 Å². The minimum atomic E-state index is -4.34. The Morgan fingerprint density at radius 1 is 1.16 bits per heavy atom. The van der Waals surface area contributed by atoms with Gasteiger partial charge in [0, 0.05) is 39.3 Å². The molecule has 170 valence electrons. The summed E-state index contributed by atoms with van der Waals surface area (Å²) >= 11 is 0. The van der Waals surface area contributed by atoms with Gasteiger partial charge in [-0.2, -0.15) is 13.2 Å². The molecular weight excluding hydrogens is 524 g/mol. The van der Waals surface area contributed by atoms with Gasteiger partial charge in [0.2, 0.25) is 5.91 Å². The van der Waals surface area contributed by atoms with E-state index in [-0.39, 0.29) is 29.9 Å². The number of carbonyl (C=O) groups excluding carboxylic acids is 1. The quantitative estimate of drug-likeness (QED) is 0.233. The van der Waals surface area contributed by atoms with Crippen molar-refractivity contribution in [2.24, 2.45) is 4.99 Å². The van der Waals surface area contributed by atoms with Crippen molar-refractivity contribution in [3.8, 4) is 5.75 Å². The van der Waals surface area contributed by atoms with Crippen LogP contribution in [-0.4, -0.2) is 44.0 Å². The van der Waals surface area contributed by atoms with Crippen LogP contribution in [0.25, 0.3) is 0 Å². The van der Waals surface area contributed by atoms with E-state index in [2.05, 4.69) is 15.6 Å². The van der Waals surface area contributed by atoms with Crippen LogP contribution in [0.2, 0.25) is 0 Å². The highest BCUT2D eigenvalue weighted by atomic mass is 127. The van der Waals surface area contributed by atoms with Gasteiger partial charge in [-0.25, -0.2) is 0 Å². The number of halogens is 4. The largest absolute Gasteiger partial charge is 0.492 e. The number of anilines is 1. The molecule has 0 aliphatic heterocycles. The van der Waals surface area contributed by atoms with Crippen LogP contribution in [0.1, 0.15) is 18.1 Å². The third-order valence-corrected chi connectivity index (χ3v) is 4.08. The van der Waals surface area contributed by atoms with Crippen LogP contribution in [0.15, 0.2) is 53.5 Å². The highest BCUT2D eigenvalue weighted by molar-refractivity contribution is 14.0. The van der Waals surface area contributed by atoms with E-state index in [4.69, 9.17) is 4.74 Å². The van der Waals surface area contributed by atoms with Gasteiger partial charge in [-0.1, -0.05) is 18.2 Å². The molecule has 0 atom stereocenters. The van der Waals surface area contributed by atoms with Crippen LogP contribution in [0.4, 0.5) is 18.9 Å². The third kappa shape index (κ3) is 9.03. The Morgan fingerprint density at radius 2 is 1.84 bits per heavy atom. The lowest BCUT2D eigenvalue weighted by Gasteiger charge is -2.22. The summed E-state index contributed by atoms with van der Waals surface area (Å²) in [5.74, 6) is 1.05. The summed E-state index contributed by atoms with van der Waals surface area (Å²) in [6.45, 7) is 2.66. The second-order valence-electron chi connectivity index (χ2n) is 6.58. The average Bonchev–Trinajstić information content (AvgIpc) is 2.67. The zero-order chi connectivity index (χ0) is 22.1. The molecule has 2 aromatic carbocycles. The number of guanidine groups is 1. The van der Waals surface area contributed by atoms with Crippen LogP contribution in [0.3, 0.4) is 0 Å². The highest BCUT2D eigenvalue weighted by Crippen LogP contribution is 2.29. The number of nitrogens with one attached hydrogen (secondary N) is 2. The number of alkyl halides is 3. The minimum Gasteiger partial charge on any atom is -0.492 e. The molecule has 2 aromatic rings. The number of ether oxygens (including phenoxy) is 1. The van der Waals surface area contributed by atoms with E-state index in [1.807, 2.05) is 0 Å². The maximum absolute atomic E-state index is 12.7. The summed E-state index contributed by atoms with van der Waals surface area (Å²) in [6.07, 6.45) is -4.34. The number of benzene rings is 2. The zero-order valence-electron chi connectivity index (χ0n) is 17.5. The topological polar surface area (TPSA) is 66.0 Å². The monoisotopic (exact) mass is 550 g/mol. The average molecular weight is 550 g/mol. The molecule has 0 saturated carbocycles. The van der Waals surface area contributed by atoms with Crippen molar-refractivity contribution in [2.45, 2.75) is 19.6 Å². The van der Waals surface area contributed by atoms with Crippen LogP contribution in [0, 0.1) is 0 Å². The summed E-state index contributed by atoms with van der Waals surface area (Å²) in [7, 11) is 3.42.